The molecule has 0 saturated heterocycles. The zero-order chi connectivity index (χ0) is 22.4. The number of carbonyl (C=O) groups excluding carboxylic acids is 1. The molecule has 0 radical (unpaired) electrons. The summed E-state index contributed by atoms with van der Waals surface area (Å²) in [6.45, 7) is 0. The molecule has 0 aromatic heterocycles. The molecule has 0 unspecified atom stereocenters. The Morgan fingerprint density at radius 2 is 1.74 bits per heavy atom. The van der Waals surface area contributed by atoms with Crippen molar-refractivity contribution in [2.75, 3.05) is 0 Å². The third-order valence-corrected chi connectivity index (χ3v) is 5.24. The van der Waals surface area contributed by atoms with Gasteiger partial charge in [0, 0.05) is 39.2 Å². The quantitative estimate of drug-likeness (QED) is 0.300. The third-order valence-electron chi connectivity index (χ3n) is 3.92. The van der Waals surface area contributed by atoms with Crippen molar-refractivity contribution in [2.24, 2.45) is 5.10 Å². The van der Waals surface area contributed by atoms with Crippen molar-refractivity contribution in [1.82, 2.24) is 5.43 Å². The van der Waals surface area contributed by atoms with Crippen LogP contribution in [0.15, 0.2) is 81.6 Å². The first-order valence-corrected chi connectivity index (χ1v) is 9.82. The smallest absolute Gasteiger partial charge is 0.267 e. The zero-order valence-corrected chi connectivity index (χ0v) is 17.2. The molecule has 0 heterocycles. The maximum absolute atomic E-state index is 12.1. The van der Waals surface area contributed by atoms with Crippen LogP contribution in [0, 0.1) is 20.2 Å². The van der Waals surface area contributed by atoms with Gasteiger partial charge in [-0.1, -0.05) is 35.5 Å². The fourth-order valence-electron chi connectivity index (χ4n) is 2.46. The minimum atomic E-state index is -0.649. The summed E-state index contributed by atoms with van der Waals surface area (Å²) >= 11 is 7.08. The van der Waals surface area contributed by atoms with Gasteiger partial charge in [-0.2, -0.15) is 5.10 Å². The molecule has 1 amide bonds. The molecular weight excluding hydrogens is 444 g/mol. The number of rotatable bonds is 7. The highest BCUT2D eigenvalue weighted by atomic mass is 35.5. The van der Waals surface area contributed by atoms with Gasteiger partial charge < -0.3 is 0 Å². The number of nitro groups is 2. The average molecular weight is 457 g/mol. The van der Waals surface area contributed by atoms with E-state index in [0.29, 0.717) is 15.5 Å². The van der Waals surface area contributed by atoms with Crippen LogP contribution in [-0.2, 0) is 0 Å². The molecule has 0 fully saturated rings. The molecule has 3 aromatic carbocycles. The Bertz CT molecular complexity index is 1180. The number of nitro benzene ring substituents is 2. The Balaban J connectivity index is 1.73. The van der Waals surface area contributed by atoms with E-state index in [-0.39, 0.29) is 16.9 Å². The Morgan fingerprint density at radius 1 is 1.00 bits per heavy atom. The van der Waals surface area contributed by atoms with E-state index in [0.717, 1.165) is 11.0 Å². The van der Waals surface area contributed by atoms with Crippen molar-refractivity contribution < 1.29 is 14.6 Å². The van der Waals surface area contributed by atoms with Crippen LogP contribution in [0.3, 0.4) is 0 Å². The van der Waals surface area contributed by atoms with Crippen LogP contribution < -0.4 is 5.43 Å². The van der Waals surface area contributed by atoms with Gasteiger partial charge in [-0.3, -0.25) is 25.0 Å². The molecule has 0 spiro atoms. The van der Waals surface area contributed by atoms with Crippen LogP contribution in [0.25, 0.3) is 0 Å². The van der Waals surface area contributed by atoms with Gasteiger partial charge in [0.1, 0.15) is 0 Å². The van der Waals surface area contributed by atoms with Crippen molar-refractivity contribution in [3.63, 3.8) is 0 Å². The van der Waals surface area contributed by atoms with Gasteiger partial charge in [0.15, 0.2) is 0 Å². The first kappa shape index (κ1) is 21.9. The van der Waals surface area contributed by atoms with Crippen LogP contribution in [0.2, 0.25) is 5.02 Å². The highest BCUT2D eigenvalue weighted by molar-refractivity contribution is 7.99. The summed E-state index contributed by atoms with van der Waals surface area (Å²) in [5.74, 6) is -0.649. The molecule has 0 aliphatic rings. The summed E-state index contributed by atoms with van der Waals surface area (Å²) in [6, 6.07) is 16.6. The number of non-ortho nitro benzene ring substituents is 1. The normalized spacial score (nSPS) is 10.7. The van der Waals surface area contributed by atoms with Crippen LogP contribution in [0.4, 0.5) is 11.4 Å². The number of amides is 1. The number of hydrogen-bond acceptors (Lipinski definition) is 7. The number of halogens is 1. The number of hydrogen-bond donors (Lipinski definition) is 1. The van der Waals surface area contributed by atoms with Crippen molar-refractivity contribution in [3.8, 4) is 0 Å². The largest absolute Gasteiger partial charge is 0.283 e. The minimum Gasteiger partial charge on any atom is -0.267 e. The van der Waals surface area contributed by atoms with E-state index < -0.39 is 15.8 Å². The maximum Gasteiger partial charge on any atom is 0.283 e. The Morgan fingerprint density at radius 3 is 2.42 bits per heavy atom. The molecule has 0 aliphatic carbocycles. The molecule has 3 rings (SSSR count). The van der Waals surface area contributed by atoms with E-state index in [2.05, 4.69) is 10.5 Å². The van der Waals surface area contributed by atoms with Crippen molar-refractivity contribution >= 4 is 46.9 Å². The Kier molecular flexibility index (Phi) is 6.96. The third kappa shape index (κ3) is 5.87. The van der Waals surface area contributed by atoms with E-state index in [1.165, 1.54) is 42.2 Å². The van der Waals surface area contributed by atoms with Crippen molar-refractivity contribution in [2.45, 2.75) is 9.79 Å². The van der Waals surface area contributed by atoms with E-state index in [9.17, 15) is 25.0 Å². The summed E-state index contributed by atoms with van der Waals surface area (Å²) in [7, 11) is 0. The summed E-state index contributed by atoms with van der Waals surface area (Å²) in [4.78, 5) is 34.5. The number of nitrogens with zero attached hydrogens (tertiary/aromatic N) is 3. The van der Waals surface area contributed by atoms with Gasteiger partial charge in [-0.05, 0) is 36.4 Å². The lowest BCUT2D eigenvalue weighted by Crippen LogP contribution is -2.17. The summed E-state index contributed by atoms with van der Waals surface area (Å²) in [5.41, 5.74) is 2.36. The number of nitrogens with one attached hydrogen (secondary N) is 1. The van der Waals surface area contributed by atoms with Crippen LogP contribution >= 0.6 is 23.4 Å². The number of benzene rings is 3. The standard InChI is InChI=1S/C20H13ClN4O5S/c21-15-5-7-17(8-6-15)31-19-9-4-13(10-18(19)25(29)30)12-22-23-20(26)14-2-1-3-16(11-14)24(27)28/h1-12H,(H,23,26)/b22-12+. The monoisotopic (exact) mass is 456 g/mol. The molecule has 3 aromatic rings. The lowest BCUT2D eigenvalue weighted by Gasteiger charge is -2.04. The molecule has 156 valence electrons. The van der Waals surface area contributed by atoms with E-state index >= 15 is 0 Å². The van der Waals surface area contributed by atoms with E-state index in [1.54, 1.807) is 36.4 Å². The Labute approximate surface area is 185 Å². The summed E-state index contributed by atoms with van der Waals surface area (Å²) < 4.78 is 0. The SMILES string of the molecule is O=C(N/N=C/c1ccc(Sc2ccc(Cl)cc2)c([N+](=O)[O-])c1)c1cccc([N+](=O)[O-])c1. The van der Waals surface area contributed by atoms with E-state index in [1.807, 2.05) is 0 Å². The molecular formula is C20H13ClN4O5S. The second kappa shape index (κ2) is 9.83. The highest BCUT2D eigenvalue weighted by Crippen LogP contribution is 2.35. The first-order valence-electron chi connectivity index (χ1n) is 8.63. The summed E-state index contributed by atoms with van der Waals surface area (Å²) in [6.07, 6.45) is 1.25. The molecule has 0 aliphatic heterocycles. The van der Waals surface area contributed by atoms with Crippen LogP contribution in [0.1, 0.15) is 15.9 Å². The van der Waals surface area contributed by atoms with E-state index in [4.69, 9.17) is 11.6 Å². The average Bonchev–Trinajstić information content (AvgIpc) is 2.76. The van der Waals surface area contributed by atoms with Gasteiger partial charge >= 0.3 is 0 Å². The topological polar surface area (TPSA) is 128 Å². The number of carbonyl (C=O) groups is 1. The second-order valence-corrected chi connectivity index (χ2v) is 7.60. The van der Waals surface area contributed by atoms with Gasteiger partial charge in [-0.25, -0.2) is 5.43 Å². The molecule has 0 bridgehead atoms. The lowest BCUT2D eigenvalue weighted by molar-refractivity contribution is -0.387. The highest BCUT2D eigenvalue weighted by Gasteiger charge is 2.16. The second-order valence-electron chi connectivity index (χ2n) is 6.05. The van der Waals surface area contributed by atoms with Gasteiger partial charge in [0.05, 0.1) is 21.0 Å². The fourth-order valence-corrected chi connectivity index (χ4v) is 3.49. The molecule has 11 heteroatoms. The Hall–Kier alpha value is -3.76. The molecule has 9 nitrogen and oxygen atoms in total. The molecule has 1 N–H and O–H groups in total. The molecule has 0 atom stereocenters. The maximum atomic E-state index is 12.1. The van der Waals surface area contributed by atoms with Crippen molar-refractivity contribution in [1.29, 1.82) is 0 Å². The zero-order valence-electron chi connectivity index (χ0n) is 15.6. The van der Waals surface area contributed by atoms with Gasteiger partial charge in [0.25, 0.3) is 17.3 Å². The summed E-state index contributed by atoms with van der Waals surface area (Å²) in [5, 5.41) is 26.6. The lowest BCUT2D eigenvalue weighted by atomic mass is 10.2. The molecule has 31 heavy (non-hydrogen) atoms. The predicted molar refractivity (Wildman–Crippen MR) is 117 cm³/mol. The first-order chi connectivity index (χ1) is 14.8. The molecule has 0 saturated carbocycles. The minimum absolute atomic E-state index is 0.0621. The van der Waals surface area contributed by atoms with Gasteiger partial charge in [0.2, 0.25) is 0 Å². The van der Waals surface area contributed by atoms with Crippen molar-refractivity contribution in [3.05, 3.63) is 103 Å². The predicted octanol–water partition coefficient (Wildman–Crippen LogP) is 5.07. The van der Waals surface area contributed by atoms with Gasteiger partial charge in [-0.15, -0.1) is 0 Å². The number of hydrazone groups is 1. The van der Waals surface area contributed by atoms with Crippen LogP contribution in [-0.4, -0.2) is 22.0 Å². The fraction of sp³-hybridized carbons (Fsp3) is 0. The van der Waals surface area contributed by atoms with Crippen LogP contribution in [0.5, 0.6) is 0 Å².